The monoisotopic (exact) mass is 477 g/mol. The maximum absolute atomic E-state index is 13.3. The second-order valence-corrected chi connectivity index (χ2v) is 9.52. The average Bonchev–Trinajstić information content (AvgIpc) is 3.18. The summed E-state index contributed by atoms with van der Waals surface area (Å²) in [5, 5.41) is 8.69. The molecule has 0 fully saturated rings. The molecule has 1 aromatic rings. The number of ether oxygens (including phenoxy) is 2. The van der Waals surface area contributed by atoms with Crippen LogP contribution in [0.2, 0.25) is 0 Å². The third-order valence-electron chi connectivity index (χ3n) is 6.37. The van der Waals surface area contributed by atoms with Gasteiger partial charge in [0.25, 0.3) is 0 Å². The van der Waals surface area contributed by atoms with E-state index in [1.54, 1.807) is 4.68 Å². The zero-order valence-electron chi connectivity index (χ0n) is 23.3. The summed E-state index contributed by atoms with van der Waals surface area (Å²) in [6.07, 6.45) is 9.85. The Bertz CT molecular complexity index is 822. The minimum atomic E-state index is -0.722. The van der Waals surface area contributed by atoms with Gasteiger partial charge in [0.2, 0.25) is 0 Å². The van der Waals surface area contributed by atoms with E-state index in [4.69, 9.17) is 9.47 Å². The van der Waals surface area contributed by atoms with Crippen LogP contribution in [0.1, 0.15) is 93.0 Å². The Morgan fingerprint density at radius 1 is 1.12 bits per heavy atom. The Balaban J connectivity index is 0.00000529. The highest BCUT2D eigenvalue weighted by Crippen LogP contribution is 2.41. The predicted molar refractivity (Wildman–Crippen MR) is 138 cm³/mol. The van der Waals surface area contributed by atoms with Crippen LogP contribution in [0.4, 0.5) is 0 Å². The molecule has 1 heterocycles. The summed E-state index contributed by atoms with van der Waals surface area (Å²) in [7, 11) is 1.39. The number of nitrogens with zero attached hydrogens (tertiary/aromatic N) is 3. The van der Waals surface area contributed by atoms with Gasteiger partial charge in [-0.15, -0.1) is 5.10 Å². The Labute approximate surface area is 207 Å². The van der Waals surface area contributed by atoms with Crippen LogP contribution in [-0.2, 0) is 24.6 Å². The smallest absolute Gasteiger partial charge is 0.311 e. The second kappa shape index (κ2) is 14.7. The molecule has 1 aromatic heterocycles. The molecule has 0 amide bonds. The first-order valence-electron chi connectivity index (χ1n) is 12.4. The molecule has 194 valence electrons. The fourth-order valence-corrected chi connectivity index (χ4v) is 3.69. The number of hydrogen-bond acceptors (Lipinski definition) is 6. The first-order chi connectivity index (χ1) is 15.9. The lowest BCUT2D eigenvalue weighted by atomic mass is 9.69. The van der Waals surface area contributed by atoms with Crippen LogP contribution in [0, 0.1) is 24.2 Å². The standard InChI is InChI=1S/C25H41N3O4.C2H6/c1-10-12-14-15-21-19(4)28(27-26-21)25(7,8)20(23(30)32-16-13-11-2)17-24(5,6)18(3)22(29)31-9;1-2/h10,12,14-15,18,20H,11,13,16-17H2,1-9H3;1-2H3/b12-10-,15-14-;. The van der Waals surface area contributed by atoms with Crippen LogP contribution in [0.15, 0.2) is 18.2 Å². The van der Waals surface area contributed by atoms with E-state index in [1.807, 2.05) is 86.6 Å². The number of allylic oxidation sites excluding steroid dienone is 3. The number of methoxy groups -OCH3 is 1. The van der Waals surface area contributed by atoms with Crippen molar-refractivity contribution in [1.82, 2.24) is 15.0 Å². The number of esters is 2. The summed E-state index contributed by atoms with van der Waals surface area (Å²) in [5.74, 6) is -1.49. The van der Waals surface area contributed by atoms with Gasteiger partial charge in [-0.1, -0.05) is 71.4 Å². The zero-order valence-corrected chi connectivity index (χ0v) is 23.3. The Morgan fingerprint density at radius 2 is 1.74 bits per heavy atom. The molecule has 2 atom stereocenters. The number of hydrogen-bond donors (Lipinski definition) is 0. The predicted octanol–water partition coefficient (Wildman–Crippen LogP) is 6.12. The first kappa shape index (κ1) is 31.6. The van der Waals surface area contributed by atoms with E-state index in [0.29, 0.717) is 13.0 Å². The number of rotatable bonds is 12. The van der Waals surface area contributed by atoms with Crippen LogP contribution in [0.25, 0.3) is 6.08 Å². The molecule has 0 aliphatic rings. The Kier molecular flexibility index (Phi) is 13.7. The molecule has 1 rings (SSSR count). The van der Waals surface area contributed by atoms with Gasteiger partial charge in [0.05, 0.1) is 36.8 Å². The van der Waals surface area contributed by atoms with Crippen molar-refractivity contribution >= 4 is 18.0 Å². The highest BCUT2D eigenvalue weighted by Gasteiger charge is 2.45. The molecular formula is C27H47N3O4. The third-order valence-corrected chi connectivity index (χ3v) is 6.37. The van der Waals surface area contributed by atoms with Crippen molar-refractivity contribution in [1.29, 1.82) is 0 Å². The van der Waals surface area contributed by atoms with Crippen LogP contribution in [0.5, 0.6) is 0 Å². The van der Waals surface area contributed by atoms with Gasteiger partial charge in [-0.3, -0.25) is 9.59 Å². The van der Waals surface area contributed by atoms with Gasteiger partial charge < -0.3 is 9.47 Å². The first-order valence-corrected chi connectivity index (χ1v) is 12.4. The average molecular weight is 478 g/mol. The molecule has 7 nitrogen and oxygen atoms in total. The molecule has 0 aliphatic heterocycles. The molecule has 2 unspecified atom stereocenters. The fourth-order valence-electron chi connectivity index (χ4n) is 3.69. The maximum atomic E-state index is 13.3. The van der Waals surface area contributed by atoms with Crippen molar-refractivity contribution in [3.8, 4) is 0 Å². The molecule has 0 N–H and O–H groups in total. The number of aromatic nitrogens is 3. The minimum absolute atomic E-state index is 0.283. The van der Waals surface area contributed by atoms with E-state index in [2.05, 4.69) is 17.2 Å². The van der Waals surface area contributed by atoms with Gasteiger partial charge in [-0.2, -0.15) is 0 Å². The summed E-state index contributed by atoms with van der Waals surface area (Å²) in [6, 6.07) is 0. The fraction of sp³-hybridized carbons (Fsp3) is 0.704. The van der Waals surface area contributed by atoms with Crippen molar-refractivity contribution in [2.45, 2.75) is 94.0 Å². The van der Waals surface area contributed by atoms with Gasteiger partial charge in [-0.05, 0) is 52.0 Å². The SMILES string of the molecule is C/C=C\C=C/c1nnn(C(C)(C)C(CC(C)(C)C(C)C(=O)OC)C(=O)OCCCC)c1C.CC. The zero-order chi connectivity index (χ0) is 26.5. The quantitative estimate of drug-likeness (QED) is 0.205. The Hall–Kier alpha value is -2.44. The molecular weight excluding hydrogens is 430 g/mol. The molecule has 0 bridgehead atoms. The number of carbonyl (C=O) groups excluding carboxylic acids is 2. The van der Waals surface area contributed by atoms with E-state index in [-0.39, 0.29) is 17.9 Å². The molecule has 0 aromatic carbocycles. The molecule has 34 heavy (non-hydrogen) atoms. The van der Waals surface area contributed by atoms with Gasteiger partial charge in [0, 0.05) is 0 Å². The molecule has 0 saturated heterocycles. The lowest BCUT2D eigenvalue weighted by Gasteiger charge is -2.40. The van der Waals surface area contributed by atoms with Gasteiger partial charge in [0.1, 0.15) is 5.69 Å². The van der Waals surface area contributed by atoms with E-state index in [1.165, 1.54) is 7.11 Å². The molecule has 0 aliphatic carbocycles. The van der Waals surface area contributed by atoms with Crippen LogP contribution >= 0.6 is 0 Å². The lowest BCUT2D eigenvalue weighted by molar-refractivity contribution is -0.158. The summed E-state index contributed by atoms with van der Waals surface area (Å²) in [5.41, 5.74) is 0.389. The molecule has 0 saturated carbocycles. The van der Waals surface area contributed by atoms with Gasteiger partial charge in [0.15, 0.2) is 0 Å². The largest absolute Gasteiger partial charge is 0.469 e. The van der Waals surface area contributed by atoms with E-state index >= 15 is 0 Å². The normalized spacial score (nSPS) is 14.0. The maximum Gasteiger partial charge on any atom is 0.311 e. The van der Waals surface area contributed by atoms with E-state index in [9.17, 15) is 9.59 Å². The second-order valence-electron chi connectivity index (χ2n) is 9.52. The minimum Gasteiger partial charge on any atom is -0.469 e. The summed E-state index contributed by atoms with van der Waals surface area (Å²) >= 11 is 0. The van der Waals surface area contributed by atoms with Crippen molar-refractivity contribution in [3.63, 3.8) is 0 Å². The lowest BCUT2D eigenvalue weighted by Crippen LogP contribution is -2.46. The van der Waals surface area contributed by atoms with Crippen molar-refractivity contribution in [2.75, 3.05) is 13.7 Å². The number of unbranched alkanes of at least 4 members (excludes halogenated alkanes) is 1. The topological polar surface area (TPSA) is 83.3 Å². The van der Waals surface area contributed by atoms with Gasteiger partial charge >= 0.3 is 11.9 Å². The summed E-state index contributed by atoms with van der Waals surface area (Å²) in [6.45, 7) is 20.1. The highest BCUT2D eigenvalue weighted by atomic mass is 16.5. The van der Waals surface area contributed by atoms with Crippen molar-refractivity contribution in [3.05, 3.63) is 29.6 Å². The third kappa shape index (κ3) is 8.41. The number of carbonyl (C=O) groups is 2. The molecule has 7 heteroatoms. The van der Waals surface area contributed by atoms with Crippen molar-refractivity contribution in [2.24, 2.45) is 17.3 Å². The van der Waals surface area contributed by atoms with Crippen LogP contribution in [-0.4, -0.2) is 40.6 Å². The van der Waals surface area contributed by atoms with Gasteiger partial charge in [-0.25, -0.2) is 4.68 Å². The molecule has 0 spiro atoms. The van der Waals surface area contributed by atoms with E-state index < -0.39 is 16.9 Å². The highest BCUT2D eigenvalue weighted by molar-refractivity contribution is 5.75. The summed E-state index contributed by atoms with van der Waals surface area (Å²) < 4.78 is 12.4. The van der Waals surface area contributed by atoms with Crippen molar-refractivity contribution < 1.29 is 19.1 Å². The molecule has 0 radical (unpaired) electrons. The van der Waals surface area contributed by atoms with Crippen LogP contribution in [0.3, 0.4) is 0 Å². The Morgan fingerprint density at radius 3 is 2.26 bits per heavy atom. The summed E-state index contributed by atoms with van der Waals surface area (Å²) in [4.78, 5) is 25.5. The van der Waals surface area contributed by atoms with E-state index in [0.717, 1.165) is 24.2 Å². The van der Waals surface area contributed by atoms with Crippen LogP contribution < -0.4 is 0 Å².